The first-order chi connectivity index (χ1) is 22.3. The maximum atomic E-state index is 12.0. The normalized spacial score (nSPS) is 12.6. The number of nitrogens with two attached hydrogens (primary N) is 2. The van der Waals surface area contributed by atoms with Gasteiger partial charge >= 0.3 is 11.9 Å². The monoisotopic (exact) mass is 648 g/mol. The molecule has 47 heavy (non-hydrogen) atoms. The number of primary amides is 2. The summed E-state index contributed by atoms with van der Waals surface area (Å²) in [5, 5.41) is 34.1. The molecule has 248 valence electrons. The van der Waals surface area contributed by atoms with Crippen molar-refractivity contribution >= 4 is 59.1 Å². The Labute approximate surface area is 269 Å². The van der Waals surface area contributed by atoms with Crippen molar-refractivity contribution in [1.82, 2.24) is 10.6 Å². The highest BCUT2D eigenvalue weighted by atomic mass is 16.5. The first kappa shape index (κ1) is 37.0. The van der Waals surface area contributed by atoms with Crippen LogP contribution < -0.4 is 32.7 Å². The topological polar surface area (TPSA) is 254 Å². The van der Waals surface area contributed by atoms with Gasteiger partial charge in [-0.25, -0.2) is 9.59 Å². The molecule has 0 heterocycles. The molecule has 4 amide bonds. The van der Waals surface area contributed by atoms with Gasteiger partial charge in [0.15, 0.2) is 0 Å². The molecule has 2 atom stereocenters. The molecule has 0 fully saturated rings. The molecule has 0 radical (unpaired) electrons. The maximum Gasteiger partial charge on any atom is 0.326 e. The van der Waals surface area contributed by atoms with E-state index in [-0.39, 0.29) is 25.7 Å². The second kappa shape index (κ2) is 19.2. The fourth-order valence-electron chi connectivity index (χ4n) is 3.73. The van der Waals surface area contributed by atoms with Crippen LogP contribution in [-0.2, 0) is 28.8 Å². The lowest BCUT2D eigenvalue weighted by Crippen LogP contribution is -2.40. The van der Waals surface area contributed by atoms with Crippen molar-refractivity contribution in [3.05, 3.63) is 96.1 Å². The highest BCUT2D eigenvalue weighted by Gasteiger charge is 2.20. The number of hydrogen-bond acceptors (Lipinski definition) is 9. The van der Waals surface area contributed by atoms with E-state index in [0.717, 1.165) is 28.5 Å². The van der Waals surface area contributed by atoms with E-state index in [1.165, 1.54) is 12.2 Å². The number of nitrogens with one attached hydrogen (secondary N) is 3. The fraction of sp³-hybridized carbons (Fsp3) is 0.188. The summed E-state index contributed by atoms with van der Waals surface area (Å²) >= 11 is 0. The molecule has 2 rings (SSSR count). The molecule has 0 unspecified atom stereocenters. The van der Waals surface area contributed by atoms with Crippen LogP contribution in [0.5, 0.6) is 0 Å². The zero-order valence-electron chi connectivity index (χ0n) is 25.1. The lowest BCUT2D eigenvalue weighted by molar-refractivity contribution is -0.142. The molecule has 0 aliphatic rings. The van der Waals surface area contributed by atoms with E-state index in [0.29, 0.717) is 11.4 Å². The van der Waals surface area contributed by atoms with E-state index < -0.39 is 47.7 Å². The molecule has 0 bridgehead atoms. The Kier molecular flexibility index (Phi) is 15.1. The summed E-state index contributed by atoms with van der Waals surface area (Å²) in [4.78, 5) is 68.1. The summed E-state index contributed by atoms with van der Waals surface area (Å²) in [5.74, 6) is -5.14. The number of carbonyl (C=O) groups excluding carboxylic acids is 4. The van der Waals surface area contributed by atoms with Crippen LogP contribution in [0, 0.1) is 0 Å². The quantitative estimate of drug-likeness (QED) is 0.0618. The van der Waals surface area contributed by atoms with Crippen molar-refractivity contribution in [1.29, 1.82) is 0 Å². The smallest absolute Gasteiger partial charge is 0.326 e. The van der Waals surface area contributed by atoms with Crippen LogP contribution in [0.15, 0.2) is 85.0 Å². The van der Waals surface area contributed by atoms with Crippen molar-refractivity contribution in [2.24, 2.45) is 11.5 Å². The Balaban J connectivity index is 1.84. The summed E-state index contributed by atoms with van der Waals surface area (Å²) in [6, 6.07) is 11.2. The second-order valence-electron chi connectivity index (χ2n) is 9.88. The lowest BCUT2D eigenvalue weighted by Gasteiger charge is -2.19. The predicted molar refractivity (Wildman–Crippen MR) is 173 cm³/mol. The van der Waals surface area contributed by atoms with Crippen LogP contribution in [0.3, 0.4) is 0 Å². The Bertz CT molecular complexity index is 1530. The number of hydrogen-bond donors (Lipinski definition) is 8. The van der Waals surface area contributed by atoms with E-state index in [4.69, 9.17) is 21.7 Å². The van der Waals surface area contributed by atoms with Crippen LogP contribution in [0.4, 0.5) is 11.4 Å². The van der Waals surface area contributed by atoms with Gasteiger partial charge in [-0.15, -0.1) is 0 Å². The van der Waals surface area contributed by atoms with Gasteiger partial charge in [-0.1, -0.05) is 60.7 Å². The number of carbonyl (C=O) groups is 6. The number of rotatable bonds is 19. The summed E-state index contributed by atoms with van der Waals surface area (Å²) < 4.78 is 0. The van der Waals surface area contributed by atoms with Crippen LogP contribution in [0.25, 0.3) is 12.2 Å². The third-order valence-electron chi connectivity index (χ3n) is 6.17. The fourth-order valence-corrected chi connectivity index (χ4v) is 3.73. The average Bonchev–Trinajstić information content (AvgIpc) is 3.02. The van der Waals surface area contributed by atoms with E-state index in [9.17, 15) is 34.0 Å². The maximum absolute atomic E-state index is 12.0. The molecule has 2 aromatic carbocycles. The molecule has 15 nitrogen and oxygen atoms in total. The summed E-state index contributed by atoms with van der Waals surface area (Å²) in [6.45, 7) is 0. The largest absolute Gasteiger partial charge is 0.480 e. The number of amides is 4. The number of carboxylic acids is 2. The van der Waals surface area contributed by atoms with E-state index >= 15 is 0 Å². The molecule has 15 heteroatoms. The first-order valence-electron chi connectivity index (χ1n) is 14.1. The zero-order valence-corrected chi connectivity index (χ0v) is 25.1. The van der Waals surface area contributed by atoms with Crippen LogP contribution in [0.1, 0.15) is 36.8 Å². The Morgan fingerprint density at radius 2 is 1.06 bits per heavy atom. The summed E-state index contributed by atoms with van der Waals surface area (Å²) in [5.41, 5.74) is 15.4. The van der Waals surface area contributed by atoms with Gasteiger partial charge in [0.25, 0.3) is 0 Å². The standard InChI is InChI=1S/C32H36N6O9/c33-27(39)19-17-25(31(43)44)35-29(41)7-3-1-5-21-9-13-23(14-10-21)37-38(47)24-15-11-22(12-16-24)6-2-4-8-30(42)36-26(32(45)46)18-20-28(34)40/h1-16,25-26,37,47H,17-20H2,(H2,33,39)(H2,34,40)(H,35,41)(H,36,42)(H,43,44)(H,45,46)/b5-1+,6-2+,7-3+,8-4+/t25-,26-/m0/s1. The average molecular weight is 649 g/mol. The van der Waals surface area contributed by atoms with E-state index in [1.54, 1.807) is 72.8 Å². The minimum atomic E-state index is -1.27. The molecule has 2 aromatic rings. The van der Waals surface area contributed by atoms with Crippen LogP contribution in [0.2, 0.25) is 0 Å². The molecule has 0 aliphatic carbocycles. The number of nitrogens with zero attached hydrogens (tertiary/aromatic N) is 1. The minimum Gasteiger partial charge on any atom is -0.480 e. The van der Waals surface area contributed by atoms with E-state index in [2.05, 4.69) is 16.1 Å². The minimum absolute atomic E-state index is 0.112. The molecular weight excluding hydrogens is 612 g/mol. The SMILES string of the molecule is NC(=O)CC[C@H](NC(=O)/C=C/C=C/c1ccc(NN(O)c2ccc(/C=C/C=C/C(=O)N[C@@H](CCC(N)=O)C(=O)O)cc2)cc1)C(=O)O. The lowest BCUT2D eigenvalue weighted by atomic mass is 10.1. The molecule has 0 aliphatic heterocycles. The highest BCUT2D eigenvalue weighted by Crippen LogP contribution is 2.18. The van der Waals surface area contributed by atoms with Gasteiger partial charge in [0.05, 0.1) is 11.4 Å². The Morgan fingerprint density at radius 1 is 0.660 bits per heavy atom. The summed E-state index contributed by atoms with van der Waals surface area (Å²) in [7, 11) is 0. The molecule has 0 saturated carbocycles. The molecule has 0 aromatic heterocycles. The number of anilines is 2. The predicted octanol–water partition coefficient (Wildman–Crippen LogP) is 1.72. The number of allylic oxidation sites excluding steroid dienone is 4. The van der Waals surface area contributed by atoms with E-state index in [1.807, 2.05) is 0 Å². The van der Waals surface area contributed by atoms with Crippen molar-refractivity contribution in [2.75, 3.05) is 10.6 Å². The van der Waals surface area contributed by atoms with Gasteiger partial charge in [-0.3, -0.25) is 29.8 Å². The van der Waals surface area contributed by atoms with Crippen molar-refractivity contribution < 1.29 is 44.2 Å². The van der Waals surface area contributed by atoms with Gasteiger partial charge in [0.1, 0.15) is 12.1 Å². The number of benzene rings is 2. The molecular formula is C32H36N6O9. The number of aliphatic carboxylic acids is 2. The van der Waals surface area contributed by atoms with Crippen molar-refractivity contribution in [3.63, 3.8) is 0 Å². The second-order valence-corrected chi connectivity index (χ2v) is 9.88. The summed E-state index contributed by atoms with van der Waals surface area (Å²) in [6.07, 6.45) is 11.2. The van der Waals surface area contributed by atoms with Gasteiger partial charge in [0.2, 0.25) is 23.6 Å². The van der Waals surface area contributed by atoms with Crippen LogP contribution in [-0.4, -0.2) is 63.1 Å². The molecule has 0 spiro atoms. The van der Waals surface area contributed by atoms with Gasteiger partial charge in [-0.2, -0.15) is 5.17 Å². The number of hydrazine groups is 1. The zero-order chi connectivity index (χ0) is 34.8. The number of carboxylic acid groups (broad SMARTS) is 2. The molecule has 0 saturated heterocycles. The van der Waals surface area contributed by atoms with Gasteiger partial charge < -0.3 is 32.3 Å². The Hall–Kier alpha value is -6.22. The van der Waals surface area contributed by atoms with Gasteiger partial charge in [-0.05, 0) is 48.2 Å². The highest BCUT2D eigenvalue weighted by molar-refractivity contribution is 5.92. The Morgan fingerprint density at radius 3 is 1.45 bits per heavy atom. The third kappa shape index (κ3) is 14.9. The third-order valence-corrected chi connectivity index (χ3v) is 6.17. The van der Waals surface area contributed by atoms with Crippen molar-refractivity contribution in [2.45, 2.75) is 37.8 Å². The van der Waals surface area contributed by atoms with Gasteiger partial charge in [0, 0.05) is 25.0 Å². The van der Waals surface area contributed by atoms with Crippen molar-refractivity contribution in [3.8, 4) is 0 Å². The molecule has 10 N–H and O–H groups in total. The first-order valence-corrected chi connectivity index (χ1v) is 14.1. The van der Waals surface area contributed by atoms with Crippen LogP contribution >= 0.6 is 0 Å².